The highest BCUT2D eigenvalue weighted by Gasteiger charge is 2.33. The van der Waals surface area contributed by atoms with Crippen LogP contribution in [-0.2, 0) is 9.84 Å². The molecule has 1 aliphatic heterocycles. The highest BCUT2D eigenvalue weighted by atomic mass is 32.2. The summed E-state index contributed by atoms with van der Waals surface area (Å²) in [6.45, 7) is 9.88. The zero-order valence-corrected chi connectivity index (χ0v) is 13.1. The van der Waals surface area contributed by atoms with E-state index in [4.69, 9.17) is 0 Å². The quantitative estimate of drug-likeness (QED) is 0.810. The third-order valence-corrected chi connectivity index (χ3v) is 5.49. The fraction of sp³-hybridized carbons (Fsp3) is 1.00. The van der Waals surface area contributed by atoms with Crippen LogP contribution in [0.15, 0.2) is 0 Å². The molecule has 0 spiro atoms. The van der Waals surface area contributed by atoms with Crippen molar-refractivity contribution in [1.29, 1.82) is 0 Å². The van der Waals surface area contributed by atoms with Gasteiger partial charge in [0.15, 0.2) is 9.84 Å². The number of hydrogen-bond acceptors (Lipinski definition) is 3. The van der Waals surface area contributed by atoms with E-state index in [-0.39, 0.29) is 0 Å². The van der Waals surface area contributed by atoms with Crippen LogP contribution in [-0.4, -0.2) is 32.5 Å². The third-order valence-electron chi connectivity index (χ3n) is 3.70. The molecule has 0 radical (unpaired) electrons. The van der Waals surface area contributed by atoms with Crippen LogP contribution >= 0.6 is 0 Å². The number of hydrogen-bond donors (Lipinski definition) is 1. The average Bonchev–Trinajstić information content (AvgIpc) is 2.57. The predicted molar refractivity (Wildman–Crippen MR) is 77.5 cm³/mol. The molecule has 108 valence electrons. The molecule has 1 saturated heterocycles. The first-order valence-electron chi connectivity index (χ1n) is 7.17. The Morgan fingerprint density at radius 3 is 2.44 bits per heavy atom. The van der Waals surface area contributed by atoms with E-state index in [1.54, 1.807) is 0 Å². The molecule has 0 saturated carbocycles. The van der Waals surface area contributed by atoms with Crippen LogP contribution in [0.25, 0.3) is 0 Å². The maximum atomic E-state index is 11.6. The lowest BCUT2D eigenvalue weighted by atomic mass is 9.85. The molecule has 1 rings (SSSR count). The monoisotopic (exact) mass is 275 g/mol. The molecule has 0 bridgehead atoms. The van der Waals surface area contributed by atoms with Gasteiger partial charge < -0.3 is 5.32 Å². The first kappa shape index (κ1) is 16.0. The molecule has 0 aliphatic carbocycles. The molecule has 3 nitrogen and oxygen atoms in total. The summed E-state index contributed by atoms with van der Waals surface area (Å²) in [7, 11) is -2.76. The van der Waals surface area contributed by atoms with Crippen molar-refractivity contribution >= 4 is 9.84 Å². The molecule has 18 heavy (non-hydrogen) atoms. The van der Waals surface area contributed by atoms with Crippen molar-refractivity contribution in [2.24, 2.45) is 11.3 Å². The van der Waals surface area contributed by atoms with E-state index in [2.05, 4.69) is 33.0 Å². The minimum absolute atomic E-state index is 0.323. The Morgan fingerprint density at radius 2 is 2.00 bits per heavy atom. The summed E-state index contributed by atoms with van der Waals surface area (Å²) < 4.78 is 23.2. The average molecular weight is 275 g/mol. The van der Waals surface area contributed by atoms with Crippen molar-refractivity contribution in [3.05, 3.63) is 0 Å². The number of nitrogens with one attached hydrogen (secondary N) is 1. The third kappa shape index (κ3) is 5.70. The van der Waals surface area contributed by atoms with E-state index >= 15 is 0 Å². The van der Waals surface area contributed by atoms with Gasteiger partial charge in [-0.1, -0.05) is 27.7 Å². The SMILES string of the molecule is CCCNC(CCC(C)(C)C)C1CCS(=O)(=O)C1. The van der Waals surface area contributed by atoms with Gasteiger partial charge >= 0.3 is 0 Å². The summed E-state index contributed by atoms with van der Waals surface area (Å²) in [6, 6.07) is 0.376. The van der Waals surface area contributed by atoms with Gasteiger partial charge in [0.05, 0.1) is 11.5 Å². The van der Waals surface area contributed by atoms with E-state index < -0.39 is 9.84 Å². The summed E-state index contributed by atoms with van der Waals surface area (Å²) in [5.41, 5.74) is 0.323. The van der Waals surface area contributed by atoms with Gasteiger partial charge in [-0.15, -0.1) is 0 Å². The highest BCUT2D eigenvalue weighted by Crippen LogP contribution is 2.28. The van der Waals surface area contributed by atoms with Crippen molar-refractivity contribution in [1.82, 2.24) is 5.32 Å². The van der Waals surface area contributed by atoms with Crippen LogP contribution in [0.1, 0.15) is 53.4 Å². The lowest BCUT2D eigenvalue weighted by Crippen LogP contribution is -2.38. The maximum absolute atomic E-state index is 11.6. The molecule has 0 amide bonds. The van der Waals surface area contributed by atoms with Gasteiger partial charge in [0.2, 0.25) is 0 Å². The fourth-order valence-electron chi connectivity index (χ4n) is 2.56. The molecule has 2 unspecified atom stereocenters. The zero-order chi connectivity index (χ0) is 13.8. The standard InChI is InChI=1S/C14H29NO2S/c1-5-9-15-13(6-8-14(2,3)4)12-7-10-18(16,17)11-12/h12-13,15H,5-11H2,1-4H3. The predicted octanol–water partition coefficient (Wildman–Crippen LogP) is 2.62. The second-order valence-electron chi connectivity index (χ2n) is 6.82. The lowest BCUT2D eigenvalue weighted by Gasteiger charge is -2.27. The Bertz CT molecular complexity index is 343. The normalized spacial score (nSPS) is 25.2. The van der Waals surface area contributed by atoms with Gasteiger partial charge in [-0.25, -0.2) is 8.42 Å². The molecule has 4 heteroatoms. The first-order valence-corrected chi connectivity index (χ1v) is 8.99. The zero-order valence-electron chi connectivity index (χ0n) is 12.3. The van der Waals surface area contributed by atoms with Crippen molar-refractivity contribution in [3.8, 4) is 0 Å². The van der Waals surface area contributed by atoms with Gasteiger partial charge in [-0.2, -0.15) is 0 Å². The Morgan fingerprint density at radius 1 is 1.33 bits per heavy atom. The van der Waals surface area contributed by atoms with Gasteiger partial charge in [0.25, 0.3) is 0 Å². The number of rotatable bonds is 6. The van der Waals surface area contributed by atoms with Crippen molar-refractivity contribution < 1.29 is 8.42 Å². The van der Waals surface area contributed by atoms with E-state index in [9.17, 15) is 8.42 Å². The summed E-state index contributed by atoms with van der Waals surface area (Å²) in [6.07, 6.45) is 4.17. The van der Waals surface area contributed by atoms with Gasteiger partial charge in [-0.3, -0.25) is 0 Å². The summed E-state index contributed by atoms with van der Waals surface area (Å²) >= 11 is 0. The Labute approximate surface area is 113 Å². The minimum Gasteiger partial charge on any atom is -0.314 e. The van der Waals surface area contributed by atoms with Crippen LogP contribution in [0.4, 0.5) is 0 Å². The highest BCUT2D eigenvalue weighted by molar-refractivity contribution is 7.91. The second-order valence-corrected chi connectivity index (χ2v) is 9.05. The van der Waals surface area contributed by atoms with E-state index in [1.165, 1.54) is 0 Å². The fourth-order valence-corrected chi connectivity index (χ4v) is 4.44. The van der Waals surface area contributed by atoms with Crippen LogP contribution in [0.5, 0.6) is 0 Å². The van der Waals surface area contributed by atoms with Gasteiger partial charge in [-0.05, 0) is 43.6 Å². The Kier molecular flexibility index (Phi) is 5.66. The molecule has 1 fully saturated rings. The maximum Gasteiger partial charge on any atom is 0.150 e. The van der Waals surface area contributed by atoms with E-state index in [0.29, 0.717) is 28.9 Å². The largest absolute Gasteiger partial charge is 0.314 e. The van der Waals surface area contributed by atoms with Crippen LogP contribution in [0.3, 0.4) is 0 Å². The summed E-state index contributed by atoms with van der Waals surface area (Å²) in [5, 5.41) is 3.56. The molecule has 1 aliphatic rings. The van der Waals surface area contributed by atoms with Gasteiger partial charge in [0.1, 0.15) is 0 Å². The Balaban J connectivity index is 2.55. The molecule has 1 N–H and O–H groups in total. The Hall–Kier alpha value is -0.0900. The van der Waals surface area contributed by atoms with Gasteiger partial charge in [0, 0.05) is 6.04 Å². The molecule has 2 atom stereocenters. The minimum atomic E-state index is -2.76. The van der Waals surface area contributed by atoms with Crippen LogP contribution in [0, 0.1) is 11.3 Å². The smallest absolute Gasteiger partial charge is 0.150 e. The van der Waals surface area contributed by atoms with E-state index in [0.717, 1.165) is 32.2 Å². The summed E-state index contributed by atoms with van der Waals surface area (Å²) in [4.78, 5) is 0. The second kappa shape index (κ2) is 6.38. The number of sulfone groups is 1. The molecule has 1 heterocycles. The topological polar surface area (TPSA) is 46.2 Å². The van der Waals surface area contributed by atoms with Crippen molar-refractivity contribution in [3.63, 3.8) is 0 Å². The lowest BCUT2D eigenvalue weighted by molar-refractivity contribution is 0.289. The van der Waals surface area contributed by atoms with E-state index in [1.807, 2.05) is 0 Å². The van der Waals surface area contributed by atoms with Crippen LogP contribution in [0.2, 0.25) is 0 Å². The van der Waals surface area contributed by atoms with Crippen molar-refractivity contribution in [2.75, 3.05) is 18.1 Å². The molecule has 0 aromatic heterocycles. The summed E-state index contributed by atoms with van der Waals surface area (Å²) in [5.74, 6) is 1.10. The van der Waals surface area contributed by atoms with Crippen LogP contribution < -0.4 is 5.32 Å². The van der Waals surface area contributed by atoms with Crippen molar-refractivity contribution in [2.45, 2.75) is 59.4 Å². The molecule has 0 aromatic rings. The first-order chi connectivity index (χ1) is 8.23. The molecular weight excluding hydrogens is 246 g/mol. The molecular formula is C14H29NO2S. The molecule has 0 aromatic carbocycles.